The van der Waals surface area contributed by atoms with Gasteiger partial charge in [-0.2, -0.15) is 5.10 Å². The Morgan fingerprint density at radius 2 is 1.27 bits per heavy atom. The van der Waals surface area contributed by atoms with E-state index in [1.54, 1.807) is 27.7 Å². The normalized spacial score (nSPS) is 15.9. The largest absolute Gasteiger partial charge is 0.491 e. The molecule has 332 valence electrons. The number of fused-ring (bicyclic) bond motifs is 2. The first-order valence-electron chi connectivity index (χ1n) is 21.6. The summed E-state index contributed by atoms with van der Waals surface area (Å²) in [6.45, 7) is 22.5. The Hall–Kier alpha value is -4.90. The van der Waals surface area contributed by atoms with Crippen LogP contribution in [0.15, 0.2) is 78.0 Å². The number of benzene rings is 2. The molecule has 0 bridgehead atoms. The maximum absolute atomic E-state index is 10.1. The van der Waals surface area contributed by atoms with Crippen molar-refractivity contribution in [3.8, 4) is 22.8 Å². The van der Waals surface area contributed by atoms with Gasteiger partial charge in [-0.3, -0.25) is 4.99 Å². The lowest BCUT2D eigenvalue weighted by Gasteiger charge is -2.28. The van der Waals surface area contributed by atoms with Crippen molar-refractivity contribution in [3.63, 3.8) is 0 Å². The van der Waals surface area contributed by atoms with Gasteiger partial charge in [-0.1, -0.05) is 25.7 Å². The Labute approximate surface area is 366 Å². The van der Waals surface area contributed by atoms with E-state index in [1.165, 1.54) is 5.56 Å². The van der Waals surface area contributed by atoms with Crippen LogP contribution < -0.4 is 19.3 Å². The molecule has 0 radical (unpaired) electrons. The van der Waals surface area contributed by atoms with Crippen LogP contribution in [-0.2, 0) is 27.5 Å². The Kier molecular flexibility index (Phi) is 14.3. The van der Waals surface area contributed by atoms with E-state index in [0.717, 1.165) is 108 Å². The molecule has 5 aromatic rings. The molecule has 6 heterocycles. The van der Waals surface area contributed by atoms with Crippen LogP contribution in [0.5, 0.6) is 11.5 Å². The highest BCUT2D eigenvalue weighted by Crippen LogP contribution is 2.33. The first-order chi connectivity index (χ1) is 29.6. The predicted molar refractivity (Wildman–Crippen MR) is 247 cm³/mol. The fraction of sp³-hybridized carbons (Fsp3) is 0.489. The number of morpholine rings is 2. The molecule has 8 rings (SSSR count). The molecule has 3 aromatic heterocycles. The molecule has 14 nitrogen and oxygen atoms in total. The Balaban J connectivity index is 0.000000192. The summed E-state index contributed by atoms with van der Waals surface area (Å²) >= 11 is 0. The van der Waals surface area contributed by atoms with Crippen LogP contribution in [0.3, 0.4) is 0 Å². The van der Waals surface area contributed by atoms with E-state index >= 15 is 0 Å². The third-order valence-electron chi connectivity index (χ3n) is 10.6. The van der Waals surface area contributed by atoms with E-state index in [-0.39, 0.29) is 13.2 Å². The van der Waals surface area contributed by atoms with Gasteiger partial charge in [-0.15, -0.1) is 0 Å². The lowest BCUT2D eigenvalue weighted by molar-refractivity contribution is 0.0282. The summed E-state index contributed by atoms with van der Waals surface area (Å²) in [5, 5.41) is 25.9. The minimum absolute atomic E-state index is 0.207. The quantitative estimate of drug-likeness (QED) is 0.0841. The van der Waals surface area contributed by atoms with Gasteiger partial charge in [0.1, 0.15) is 48.8 Å². The van der Waals surface area contributed by atoms with E-state index in [2.05, 4.69) is 57.6 Å². The summed E-state index contributed by atoms with van der Waals surface area (Å²) in [6.07, 6.45) is 3.68. The second-order valence-electron chi connectivity index (χ2n) is 18.6. The number of anilines is 2. The number of aliphatic hydroxyl groups is 2. The fourth-order valence-electron chi connectivity index (χ4n) is 7.17. The predicted octanol–water partition coefficient (Wildman–Crippen LogP) is 6.82. The molecule has 2 fully saturated rings. The second-order valence-corrected chi connectivity index (χ2v) is 24.2. The zero-order chi connectivity index (χ0) is 43.9. The minimum Gasteiger partial charge on any atom is -0.491 e. The molecule has 0 saturated carbocycles. The summed E-state index contributed by atoms with van der Waals surface area (Å²) in [5.74, 6) is 3.33. The molecule has 0 spiro atoms. The minimum atomic E-state index is -1.16. The zero-order valence-corrected chi connectivity index (χ0v) is 38.4. The number of pyridine rings is 2. The number of aromatic nitrogens is 4. The molecule has 0 unspecified atom stereocenters. The molecule has 0 atom stereocenters. The van der Waals surface area contributed by atoms with Crippen molar-refractivity contribution >= 4 is 36.3 Å². The van der Waals surface area contributed by atoms with E-state index in [9.17, 15) is 10.2 Å². The van der Waals surface area contributed by atoms with Gasteiger partial charge in [0.05, 0.1) is 55.4 Å². The van der Waals surface area contributed by atoms with Gasteiger partial charge in [-0.05, 0) is 93.9 Å². The van der Waals surface area contributed by atoms with Gasteiger partial charge in [0.25, 0.3) is 0 Å². The highest BCUT2D eigenvalue weighted by Gasteiger charge is 2.23. The van der Waals surface area contributed by atoms with E-state index in [4.69, 9.17) is 33.8 Å². The zero-order valence-electron chi connectivity index (χ0n) is 37.4. The highest BCUT2D eigenvalue weighted by molar-refractivity contribution is 6.76. The van der Waals surface area contributed by atoms with Crippen molar-refractivity contribution in [1.29, 1.82) is 0 Å². The third-order valence-corrected chi connectivity index (χ3v) is 12.3. The smallest absolute Gasteiger partial charge is 0.140 e. The van der Waals surface area contributed by atoms with Crippen LogP contribution in [0.25, 0.3) is 22.2 Å². The number of hydrogen-bond donors (Lipinski definition) is 2. The van der Waals surface area contributed by atoms with Crippen LogP contribution in [0.2, 0.25) is 25.7 Å². The number of hydrogen-bond acceptors (Lipinski definition) is 13. The third kappa shape index (κ3) is 12.4. The van der Waals surface area contributed by atoms with Gasteiger partial charge < -0.3 is 43.7 Å². The standard InChI is InChI=1S/C26H38N4O4Si.C21H25N3O3/c1-26(2,31)18-34-21-6-7-23-22(17-21)25(28-30(23)19-33-14-15-35(3,4)5)20-8-9-27-24(16-20)29-10-12-32-13-11-29;1-21(2,25)14-27-17-4-3-16-13-23-20(18(16)12-17)15-5-6-22-19(11-15)24-7-9-26-10-8-24/h6-9,16-17,31H,10-15,18-19H2,1-5H3;3-6,11-12,25H,7-10,13-14H2,1-2H3. The van der Waals surface area contributed by atoms with E-state index < -0.39 is 19.3 Å². The Morgan fingerprint density at radius 3 is 1.87 bits per heavy atom. The average Bonchev–Trinajstić information content (AvgIpc) is 3.85. The average molecular weight is 866 g/mol. The topological polar surface area (TPSA) is 149 Å². The Bertz CT molecular complexity index is 2300. The lowest BCUT2D eigenvalue weighted by Crippen LogP contribution is -2.36. The molecule has 2 aromatic carbocycles. The van der Waals surface area contributed by atoms with Crippen LogP contribution in [-0.4, -0.2) is 127 Å². The van der Waals surface area contributed by atoms with Crippen LogP contribution in [0.1, 0.15) is 44.4 Å². The molecule has 15 heteroatoms. The molecular formula is C47H63N7O7Si. The van der Waals surface area contributed by atoms with Crippen LogP contribution >= 0.6 is 0 Å². The van der Waals surface area contributed by atoms with Gasteiger partial charge >= 0.3 is 0 Å². The van der Waals surface area contributed by atoms with Crippen molar-refractivity contribution in [2.24, 2.45) is 4.99 Å². The molecule has 0 aliphatic carbocycles. The van der Waals surface area contributed by atoms with Crippen molar-refractivity contribution in [2.75, 3.05) is 82.2 Å². The van der Waals surface area contributed by atoms with Crippen molar-refractivity contribution in [2.45, 2.75) is 77.9 Å². The number of ether oxygens (including phenoxy) is 5. The highest BCUT2D eigenvalue weighted by atomic mass is 28.3. The molecule has 3 aliphatic rings. The van der Waals surface area contributed by atoms with Gasteiger partial charge in [0.2, 0.25) is 0 Å². The first-order valence-corrected chi connectivity index (χ1v) is 25.3. The number of nitrogens with zero attached hydrogens (tertiary/aromatic N) is 7. The second kappa shape index (κ2) is 19.6. The maximum atomic E-state index is 10.1. The van der Waals surface area contributed by atoms with Crippen LogP contribution in [0, 0.1) is 0 Å². The summed E-state index contributed by atoms with van der Waals surface area (Å²) in [6, 6.07) is 21.2. The van der Waals surface area contributed by atoms with Gasteiger partial charge in [0, 0.05) is 75.3 Å². The molecule has 3 aliphatic heterocycles. The molecule has 0 amide bonds. The summed E-state index contributed by atoms with van der Waals surface area (Å²) in [7, 11) is -1.16. The van der Waals surface area contributed by atoms with Crippen molar-refractivity contribution < 1.29 is 33.9 Å². The molecular weight excluding hydrogens is 803 g/mol. The van der Waals surface area contributed by atoms with E-state index in [0.29, 0.717) is 32.2 Å². The molecule has 62 heavy (non-hydrogen) atoms. The summed E-state index contributed by atoms with van der Waals surface area (Å²) < 4.78 is 30.5. The maximum Gasteiger partial charge on any atom is 0.140 e. The van der Waals surface area contributed by atoms with Crippen molar-refractivity contribution in [3.05, 3.63) is 89.7 Å². The number of aliphatic imine (C=N–C) groups is 1. The van der Waals surface area contributed by atoms with E-state index in [1.807, 2.05) is 59.5 Å². The number of rotatable bonds is 15. The van der Waals surface area contributed by atoms with Crippen LogP contribution in [0.4, 0.5) is 11.6 Å². The monoisotopic (exact) mass is 865 g/mol. The fourth-order valence-corrected chi connectivity index (χ4v) is 7.93. The molecule has 2 saturated heterocycles. The van der Waals surface area contributed by atoms with Gasteiger partial charge in [0.15, 0.2) is 0 Å². The van der Waals surface area contributed by atoms with Gasteiger partial charge in [-0.25, -0.2) is 14.6 Å². The molecule has 2 N–H and O–H groups in total. The summed E-state index contributed by atoms with van der Waals surface area (Å²) in [5.41, 5.74) is 5.35. The first kappa shape index (κ1) is 45.1. The van der Waals surface area contributed by atoms with Crippen molar-refractivity contribution in [1.82, 2.24) is 19.7 Å². The summed E-state index contributed by atoms with van der Waals surface area (Å²) in [4.78, 5) is 18.4. The Morgan fingerprint density at radius 1 is 0.710 bits per heavy atom. The SMILES string of the molecule is CC(C)(O)COc1ccc2c(c1)C(c1ccnc(N3CCOCC3)c1)=NC2.CC(C)(O)COc1ccc2c(c1)c(-c1ccnc(N3CCOCC3)c1)nn2COCC[Si](C)(C)C. The lowest BCUT2D eigenvalue weighted by atomic mass is 10.0.